The first-order chi connectivity index (χ1) is 10.6. The van der Waals surface area contributed by atoms with Gasteiger partial charge in [0.1, 0.15) is 5.82 Å². The zero-order valence-electron chi connectivity index (χ0n) is 11.1. The van der Waals surface area contributed by atoms with Crippen LogP contribution in [0.2, 0.25) is 5.02 Å². The molecule has 0 bridgehead atoms. The third-order valence-corrected chi connectivity index (χ3v) is 3.04. The van der Waals surface area contributed by atoms with Gasteiger partial charge in [-0.3, -0.25) is 4.79 Å². The van der Waals surface area contributed by atoms with Crippen molar-refractivity contribution in [1.82, 2.24) is 10.2 Å². The van der Waals surface area contributed by atoms with E-state index in [4.69, 9.17) is 16.0 Å². The molecule has 0 radical (unpaired) electrons. The average Bonchev–Trinajstić information content (AvgIpc) is 2.97. The third kappa shape index (κ3) is 2.96. The summed E-state index contributed by atoms with van der Waals surface area (Å²) in [6.07, 6.45) is 0. The quantitative estimate of drug-likeness (QED) is 0.798. The highest BCUT2D eigenvalue weighted by Crippen LogP contribution is 2.21. The number of nitrogens with one attached hydrogen (secondary N) is 1. The van der Waals surface area contributed by atoms with E-state index in [1.807, 2.05) is 0 Å². The molecule has 22 heavy (non-hydrogen) atoms. The molecule has 2 aromatic carbocycles. The first-order valence-corrected chi connectivity index (χ1v) is 6.66. The van der Waals surface area contributed by atoms with E-state index >= 15 is 0 Å². The Morgan fingerprint density at radius 1 is 1.14 bits per heavy atom. The molecule has 3 aromatic rings. The number of carbonyl (C=O) groups excluding carboxylic acids is 1. The van der Waals surface area contributed by atoms with Crippen LogP contribution < -0.4 is 5.32 Å². The summed E-state index contributed by atoms with van der Waals surface area (Å²) in [5, 5.41) is 10.4. The molecular weight excluding hydrogens is 309 g/mol. The predicted molar refractivity (Wildman–Crippen MR) is 79.1 cm³/mol. The number of nitrogens with zero attached hydrogens (tertiary/aromatic N) is 2. The maximum Gasteiger partial charge on any atom is 0.313 e. The lowest BCUT2D eigenvalue weighted by molar-refractivity contribution is 0.0991. The lowest BCUT2D eigenvalue weighted by Crippen LogP contribution is -2.12. The van der Waals surface area contributed by atoms with Crippen molar-refractivity contribution < 1.29 is 13.6 Å². The van der Waals surface area contributed by atoms with E-state index in [1.165, 1.54) is 12.1 Å². The highest BCUT2D eigenvalue weighted by atomic mass is 35.5. The Kier molecular flexibility index (Phi) is 3.84. The van der Waals surface area contributed by atoms with E-state index in [1.54, 1.807) is 36.4 Å². The number of carbonyl (C=O) groups is 1. The second-order valence-corrected chi connectivity index (χ2v) is 4.79. The Morgan fingerprint density at radius 2 is 1.95 bits per heavy atom. The number of rotatable bonds is 3. The van der Waals surface area contributed by atoms with Crippen LogP contribution in [-0.2, 0) is 0 Å². The number of benzene rings is 2. The van der Waals surface area contributed by atoms with Crippen molar-refractivity contribution in [2.24, 2.45) is 0 Å². The molecule has 110 valence electrons. The van der Waals surface area contributed by atoms with Crippen LogP contribution in [0, 0.1) is 5.82 Å². The first-order valence-electron chi connectivity index (χ1n) is 6.29. The first kappa shape index (κ1) is 14.2. The van der Waals surface area contributed by atoms with Gasteiger partial charge in [0.25, 0.3) is 5.89 Å². The summed E-state index contributed by atoms with van der Waals surface area (Å²) in [5.74, 6) is -1.43. The molecule has 1 aromatic heterocycles. The van der Waals surface area contributed by atoms with Crippen molar-refractivity contribution >= 4 is 23.2 Å². The molecule has 5 nitrogen and oxygen atoms in total. The molecule has 0 aliphatic heterocycles. The van der Waals surface area contributed by atoms with Crippen molar-refractivity contribution in [3.8, 4) is 11.5 Å². The molecule has 0 atom stereocenters. The molecule has 0 unspecified atom stereocenters. The molecule has 1 amide bonds. The lowest BCUT2D eigenvalue weighted by atomic mass is 10.2. The molecule has 1 heterocycles. The van der Waals surface area contributed by atoms with E-state index in [-0.39, 0.29) is 17.3 Å². The lowest BCUT2D eigenvalue weighted by Gasteiger charge is -2.02. The zero-order chi connectivity index (χ0) is 15.5. The molecule has 0 spiro atoms. The van der Waals surface area contributed by atoms with E-state index in [9.17, 15) is 9.18 Å². The van der Waals surface area contributed by atoms with Crippen molar-refractivity contribution in [1.29, 1.82) is 0 Å². The number of amides is 1. The Balaban J connectivity index is 1.82. The number of halogens is 2. The summed E-state index contributed by atoms with van der Waals surface area (Å²) in [6.45, 7) is 0. The Hall–Kier alpha value is -2.73. The summed E-state index contributed by atoms with van der Waals surface area (Å²) < 4.78 is 18.8. The maximum atomic E-state index is 13.6. The second-order valence-electron chi connectivity index (χ2n) is 4.36. The van der Waals surface area contributed by atoms with Gasteiger partial charge in [-0.15, -0.1) is 10.2 Å². The molecule has 1 N–H and O–H groups in total. The van der Waals surface area contributed by atoms with Crippen LogP contribution in [0.3, 0.4) is 0 Å². The van der Waals surface area contributed by atoms with Crippen LogP contribution in [0.15, 0.2) is 52.9 Å². The summed E-state index contributed by atoms with van der Waals surface area (Å²) in [7, 11) is 0. The SMILES string of the molecule is O=C(Nc1cccc(Cl)c1)c1nnc(-c2ccccc2F)o1. The molecule has 0 aliphatic carbocycles. The van der Waals surface area contributed by atoms with Crippen LogP contribution in [0.1, 0.15) is 10.7 Å². The van der Waals surface area contributed by atoms with E-state index in [0.29, 0.717) is 10.7 Å². The minimum atomic E-state index is -0.600. The number of anilines is 1. The topological polar surface area (TPSA) is 68.0 Å². The second kappa shape index (κ2) is 5.95. The van der Waals surface area contributed by atoms with Gasteiger partial charge in [-0.25, -0.2) is 4.39 Å². The van der Waals surface area contributed by atoms with E-state index in [0.717, 1.165) is 0 Å². The molecule has 3 rings (SSSR count). The number of hydrogen-bond donors (Lipinski definition) is 1. The van der Waals surface area contributed by atoms with Crippen LogP contribution in [0.5, 0.6) is 0 Å². The van der Waals surface area contributed by atoms with Gasteiger partial charge in [0.2, 0.25) is 0 Å². The van der Waals surface area contributed by atoms with Gasteiger partial charge in [-0.05, 0) is 30.3 Å². The fourth-order valence-electron chi connectivity index (χ4n) is 1.81. The summed E-state index contributed by atoms with van der Waals surface area (Å²) in [4.78, 5) is 12.0. The largest absolute Gasteiger partial charge is 0.412 e. The molecule has 0 fully saturated rings. The van der Waals surface area contributed by atoms with Gasteiger partial charge in [-0.2, -0.15) is 0 Å². The number of aromatic nitrogens is 2. The van der Waals surface area contributed by atoms with Crippen LogP contribution >= 0.6 is 11.6 Å². The Bertz CT molecular complexity index is 835. The van der Waals surface area contributed by atoms with Gasteiger partial charge >= 0.3 is 11.8 Å². The Morgan fingerprint density at radius 3 is 2.73 bits per heavy atom. The standard InChI is InChI=1S/C15H9ClFN3O2/c16-9-4-3-5-10(8-9)18-13(21)15-20-19-14(22-15)11-6-1-2-7-12(11)17/h1-8H,(H,18,21). The van der Waals surface area contributed by atoms with Crippen LogP contribution in [-0.4, -0.2) is 16.1 Å². The minimum Gasteiger partial charge on any atom is -0.412 e. The molecule has 0 saturated heterocycles. The summed E-state index contributed by atoms with van der Waals surface area (Å²) in [6, 6.07) is 12.5. The van der Waals surface area contributed by atoms with Crippen molar-refractivity contribution in [3.05, 3.63) is 65.3 Å². The summed E-state index contributed by atoms with van der Waals surface area (Å²) >= 11 is 5.83. The van der Waals surface area contributed by atoms with Gasteiger partial charge in [-0.1, -0.05) is 29.8 Å². The Labute approximate surface area is 129 Å². The van der Waals surface area contributed by atoms with E-state index in [2.05, 4.69) is 15.5 Å². The maximum absolute atomic E-state index is 13.6. The summed E-state index contributed by atoms with van der Waals surface area (Å²) in [5.41, 5.74) is 0.625. The van der Waals surface area contributed by atoms with Crippen molar-refractivity contribution in [3.63, 3.8) is 0 Å². The van der Waals surface area contributed by atoms with Gasteiger partial charge < -0.3 is 9.73 Å². The third-order valence-electron chi connectivity index (χ3n) is 2.81. The molecule has 0 saturated carbocycles. The normalized spacial score (nSPS) is 10.5. The fourth-order valence-corrected chi connectivity index (χ4v) is 2.00. The average molecular weight is 318 g/mol. The van der Waals surface area contributed by atoms with Crippen LogP contribution in [0.25, 0.3) is 11.5 Å². The van der Waals surface area contributed by atoms with Gasteiger partial charge in [0, 0.05) is 10.7 Å². The minimum absolute atomic E-state index is 0.0608. The van der Waals surface area contributed by atoms with Crippen LogP contribution in [0.4, 0.5) is 10.1 Å². The van der Waals surface area contributed by atoms with Crippen molar-refractivity contribution in [2.75, 3.05) is 5.32 Å². The van der Waals surface area contributed by atoms with Crippen molar-refractivity contribution in [2.45, 2.75) is 0 Å². The molecule has 0 aliphatic rings. The van der Waals surface area contributed by atoms with Gasteiger partial charge in [0.15, 0.2) is 0 Å². The zero-order valence-corrected chi connectivity index (χ0v) is 11.8. The molecule has 7 heteroatoms. The highest BCUT2D eigenvalue weighted by Gasteiger charge is 2.17. The van der Waals surface area contributed by atoms with E-state index < -0.39 is 11.7 Å². The highest BCUT2D eigenvalue weighted by molar-refractivity contribution is 6.30. The monoisotopic (exact) mass is 317 g/mol. The predicted octanol–water partition coefficient (Wildman–Crippen LogP) is 3.78. The smallest absolute Gasteiger partial charge is 0.313 e. The van der Waals surface area contributed by atoms with Gasteiger partial charge in [0.05, 0.1) is 5.56 Å². The number of hydrogen-bond acceptors (Lipinski definition) is 4. The molecular formula is C15H9ClFN3O2. The fraction of sp³-hybridized carbons (Fsp3) is 0.